The van der Waals surface area contributed by atoms with Gasteiger partial charge in [-0.05, 0) is 25.7 Å². The van der Waals surface area contributed by atoms with Crippen LogP contribution in [-0.2, 0) is 9.84 Å². The Morgan fingerprint density at radius 1 is 0.481 bits per heavy atom. The largest absolute Gasteiger partial charge is 0.220 e. The summed E-state index contributed by atoms with van der Waals surface area (Å²) in [6.07, 6.45) is 26.0. The highest BCUT2D eigenvalue weighted by Gasteiger charge is 1.98. The third-order valence-electron chi connectivity index (χ3n) is 5.02. The van der Waals surface area contributed by atoms with E-state index in [2.05, 4.69) is 13.8 Å². The van der Waals surface area contributed by atoms with Crippen molar-refractivity contribution in [1.82, 2.24) is 0 Å². The monoisotopic (exact) mass is 398 g/mol. The third kappa shape index (κ3) is 21.6. The lowest BCUT2D eigenvalue weighted by Gasteiger charge is -2.00. The first-order chi connectivity index (χ1) is 13.1. The number of sulfone groups is 1. The summed E-state index contributed by atoms with van der Waals surface area (Å²) in [5, 5.41) is 2.77. The molecule has 27 heavy (non-hydrogen) atoms. The maximum Gasteiger partial charge on any atom is 0.192 e. The molecule has 0 aromatic carbocycles. The van der Waals surface area contributed by atoms with Crippen LogP contribution in [0.25, 0.3) is 0 Å². The summed E-state index contributed by atoms with van der Waals surface area (Å²) in [7, 11) is -3.16. The molecule has 0 aliphatic heterocycles. The molecule has 0 aliphatic carbocycles. The van der Waals surface area contributed by atoms with Gasteiger partial charge in [0.05, 0.1) is 0 Å². The van der Waals surface area contributed by atoms with Crippen LogP contribution in [0.4, 0.5) is 0 Å². The Bertz CT molecular complexity index is 413. The number of hydrogen-bond donors (Lipinski definition) is 0. The van der Waals surface area contributed by atoms with Gasteiger partial charge >= 0.3 is 0 Å². The molecule has 3 heteroatoms. The van der Waals surface area contributed by atoms with E-state index in [0.717, 1.165) is 25.7 Å². The van der Waals surface area contributed by atoms with E-state index in [9.17, 15) is 8.42 Å². The van der Waals surface area contributed by atoms with Gasteiger partial charge in [-0.25, -0.2) is 8.42 Å². The molecule has 0 bridgehead atoms. The number of unbranched alkanes of at least 4 members (excludes halogenated alkanes) is 16. The van der Waals surface area contributed by atoms with Gasteiger partial charge in [0.25, 0.3) is 0 Å². The minimum absolute atomic E-state index is 0.875. The van der Waals surface area contributed by atoms with E-state index >= 15 is 0 Å². The summed E-state index contributed by atoms with van der Waals surface area (Å²) in [6.45, 7) is 4.48. The topological polar surface area (TPSA) is 34.1 Å². The highest BCUT2D eigenvalue weighted by molar-refractivity contribution is 7.97. The normalized spacial score (nSPS) is 12.5. The van der Waals surface area contributed by atoms with Crippen LogP contribution in [0, 0.1) is 0 Å². The second-order valence-corrected chi connectivity index (χ2v) is 9.58. The summed E-state index contributed by atoms with van der Waals surface area (Å²) in [5.74, 6) is 0. The predicted molar refractivity (Wildman–Crippen MR) is 122 cm³/mol. The van der Waals surface area contributed by atoms with Gasteiger partial charge in [-0.3, -0.25) is 0 Å². The van der Waals surface area contributed by atoms with Crippen molar-refractivity contribution in [3.63, 3.8) is 0 Å². The van der Waals surface area contributed by atoms with Gasteiger partial charge in [0.15, 0.2) is 9.84 Å². The first-order valence-corrected chi connectivity index (χ1v) is 13.3. The van der Waals surface area contributed by atoms with E-state index in [-0.39, 0.29) is 0 Å². The molecular formula is C24H46O2S. The zero-order chi connectivity index (χ0) is 20.1. The quantitative estimate of drug-likeness (QED) is 0.193. The molecule has 0 aliphatic rings. The standard InChI is InChI=1S/C24H46O2S/c1-3-5-7-9-11-13-15-17-19-21-23-27(25,26)24-22-20-18-16-14-12-10-8-6-4-2/h21-24H,3-20H2,1-2H3. The summed E-state index contributed by atoms with van der Waals surface area (Å²) < 4.78 is 23.9. The minimum atomic E-state index is -3.16. The van der Waals surface area contributed by atoms with Gasteiger partial charge in [-0.1, -0.05) is 116 Å². The summed E-state index contributed by atoms with van der Waals surface area (Å²) in [5.41, 5.74) is 0. The number of rotatable bonds is 20. The van der Waals surface area contributed by atoms with Crippen LogP contribution >= 0.6 is 0 Å². The van der Waals surface area contributed by atoms with Crippen LogP contribution in [0.1, 0.15) is 129 Å². The fourth-order valence-electron chi connectivity index (χ4n) is 3.24. The number of hydrogen-bond acceptors (Lipinski definition) is 2. The fourth-order valence-corrected chi connectivity index (χ4v) is 4.14. The summed E-state index contributed by atoms with van der Waals surface area (Å²) >= 11 is 0. The van der Waals surface area contributed by atoms with E-state index in [4.69, 9.17) is 0 Å². The lowest BCUT2D eigenvalue weighted by atomic mass is 10.1. The Morgan fingerprint density at radius 3 is 1.11 bits per heavy atom. The van der Waals surface area contributed by atoms with Crippen LogP contribution in [-0.4, -0.2) is 8.42 Å². The molecule has 0 unspecified atom stereocenters. The first kappa shape index (κ1) is 26.4. The minimum Gasteiger partial charge on any atom is -0.220 e. The van der Waals surface area contributed by atoms with Gasteiger partial charge in [0.2, 0.25) is 0 Å². The van der Waals surface area contributed by atoms with Gasteiger partial charge < -0.3 is 0 Å². The smallest absolute Gasteiger partial charge is 0.192 e. The van der Waals surface area contributed by atoms with Crippen LogP contribution in [0.3, 0.4) is 0 Å². The van der Waals surface area contributed by atoms with Crippen molar-refractivity contribution in [3.05, 3.63) is 23.0 Å². The lowest BCUT2D eigenvalue weighted by molar-refractivity contribution is 0.577. The van der Waals surface area contributed by atoms with Gasteiger partial charge in [0.1, 0.15) is 0 Å². The third-order valence-corrected chi connectivity index (χ3v) is 6.16. The van der Waals surface area contributed by atoms with E-state index in [0.29, 0.717) is 0 Å². The van der Waals surface area contributed by atoms with Crippen LogP contribution < -0.4 is 0 Å². The molecule has 0 radical (unpaired) electrons. The van der Waals surface area contributed by atoms with Crippen LogP contribution in [0.15, 0.2) is 23.0 Å². The molecule has 0 rings (SSSR count). The van der Waals surface area contributed by atoms with Crippen molar-refractivity contribution in [2.45, 2.75) is 129 Å². The summed E-state index contributed by atoms with van der Waals surface area (Å²) in [6, 6.07) is 0. The molecular weight excluding hydrogens is 352 g/mol. The van der Waals surface area contributed by atoms with E-state index in [1.165, 1.54) is 101 Å². The zero-order valence-corrected chi connectivity index (χ0v) is 19.1. The van der Waals surface area contributed by atoms with Crippen LogP contribution in [0.5, 0.6) is 0 Å². The molecule has 0 spiro atoms. The van der Waals surface area contributed by atoms with Crippen molar-refractivity contribution < 1.29 is 8.42 Å². The predicted octanol–water partition coefficient (Wildman–Crippen LogP) is 8.49. The van der Waals surface area contributed by atoms with E-state index in [1.54, 1.807) is 0 Å². The molecule has 0 aromatic heterocycles. The maximum atomic E-state index is 11.9. The van der Waals surface area contributed by atoms with Crippen molar-refractivity contribution >= 4 is 9.84 Å². The molecule has 0 amide bonds. The maximum absolute atomic E-state index is 11.9. The molecule has 0 fully saturated rings. The molecule has 0 saturated heterocycles. The summed E-state index contributed by atoms with van der Waals surface area (Å²) in [4.78, 5) is 0. The van der Waals surface area contributed by atoms with Gasteiger partial charge in [-0.2, -0.15) is 0 Å². The van der Waals surface area contributed by atoms with Crippen molar-refractivity contribution in [2.24, 2.45) is 0 Å². The Balaban J connectivity index is 3.57. The molecule has 0 saturated carbocycles. The number of allylic oxidation sites excluding steroid dienone is 2. The Labute approximate surface area is 170 Å². The Kier molecular flexibility index (Phi) is 19.7. The highest BCUT2D eigenvalue weighted by Crippen LogP contribution is 2.11. The molecule has 160 valence electrons. The Hall–Kier alpha value is -0.570. The average Bonchev–Trinajstić information content (AvgIpc) is 2.64. The lowest BCUT2D eigenvalue weighted by Crippen LogP contribution is -1.88. The highest BCUT2D eigenvalue weighted by atomic mass is 32.2. The van der Waals surface area contributed by atoms with Crippen molar-refractivity contribution in [1.29, 1.82) is 0 Å². The van der Waals surface area contributed by atoms with Crippen molar-refractivity contribution in [3.8, 4) is 0 Å². The van der Waals surface area contributed by atoms with E-state index < -0.39 is 9.84 Å². The zero-order valence-electron chi connectivity index (χ0n) is 18.3. The van der Waals surface area contributed by atoms with E-state index in [1.807, 2.05) is 12.2 Å². The molecule has 0 atom stereocenters. The second kappa shape index (κ2) is 20.2. The van der Waals surface area contributed by atoms with Gasteiger partial charge in [-0.15, -0.1) is 0 Å². The Morgan fingerprint density at radius 2 is 0.778 bits per heavy atom. The molecule has 0 N–H and O–H groups in total. The molecule has 0 heterocycles. The van der Waals surface area contributed by atoms with Crippen LogP contribution in [0.2, 0.25) is 0 Å². The second-order valence-electron chi connectivity index (χ2n) is 7.86. The molecule has 0 aromatic rings. The SMILES string of the molecule is CCCCCCCCCCC=CS(=O)(=O)C=CCCCCCCCCCC. The fraction of sp³-hybridized carbons (Fsp3) is 0.833. The van der Waals surface area contributed by atoms with Gasteiger partial charge in [0, 0.05) is 10.8 Å². The first-order valence-electron chi connectivity index (χ1n) is 11.7. The average molecular weight is 399 g/mol. The van der Waals surface area contributed by atoms with Crippen molar-refractivity contribution in [2.75, 3.05) is 0 Å². The molecule has 2 nitrogen and oxygen atoms in total.